The number of benzene rings is 1. The maximum atomic E-state index is 13.4. The van der Waals surface area contributed by atoms with E-state index in [9.17, 15) is 19.1 Å². The zero-order chi connectivity index (χ0) is 13.9. The summed E-state index contributed by atoms with van der Waals surface area (Å²) in [4.78, 5) is 22.9. The van der Waals surface area contributed by atoms with E-state index in [0.29, 0.717) is 0 Å². The van der Waals surface area contributed by atoms with Crippen molar-refractivity contribution in [3.63, 3.8) is 0 Å². The van der Waals surface area contributed by atoms with Gasteiger partial charge in [-0.15, -0.1) is 0 Å². The minimum atomic E-state index is -0.920. The number of carbonyl (C=O) groups is 2. The van der Waals surface area contributed by atoms with Gasteiger partial charge in [-0.2, -0.15) is 0 Å². The van der Waals surface area contributed by atoms with Gasteiger partial charge in [0.25, 0.3) is 5.91 Å². The Morgan fingerprint density at radius 3 is 2.44 bits per heavy atom. The highest BCUT2D eigenvalue weighted by atomic mass is 19.1. The fourth-order valence-corrected chi connectivity index (χ4v) is 1.52. The number of nitrogens with one attached hydrogen (secondary N) is 1. The van der Waals surface area contributed by atoms with E-state index >= 15 is 0 Å². The molecular weight excluding hydrogens is 239 g/mol. The fourth-order valence-electron chi connectivity index (χ4n) is 1.52. The molecule has 1 rings (SSSR count). The third-order valence-electron chi connectivity index (χ3n) is 2.48. The number of amides is 2. The van der Waals surface area contributed by atoms with Crippen LogP contribution in [0.4, 0.5) is 4.39 Å². The van der Waals surface area contributed by atoms with Crippen molar-refractivity contribution in [1.29, 1.82) is 0 Å². The van der Waals surface area contributed by atoms with Crippen LogP contribution in [0.25, 0.3) is 0 Å². The van der Waals surface area contributed by atoms with Gasteiger partial charge in [-0.1, -0.05) is 19.9 Å². The van der Waals surface area contributed by atoms with Gasteiger partial charge in [0.15, 0.2) is 0 Å². The van der Waals surface area contributed by atoms with Crippen molar-refractivity contribution in [2.24, 2.45) is 11.7 Å². The minimum absolute atomic E-state index is 0.236. The van der Waals surface area contributed by atoms with E-state index in [1.807, 2.05) is 0 Å². The Kier molecular flexibility index (Phi) is 4.25. The third-order valence-corrected chi connectivity index (χ3v) is 2.48. The quantitative estimate of drug-likeness (QED) is 0.741. The van der Waals surface area contributed by atoms with E-state index in [2.05, 4.69) is 5.32 Å². The van der Waals surface area contributed by atoms with Crippen molar-refractivity contribution < 1.29 is 19.1 Å². The lowest BCUT2D eigenvalue weighted by molar-refractivity contribution is -0.120. The molecule has 1 aromatic carbocycles. The monoisotopic (exact) mass is 254 g/mol. The van der Waals surface area contributed by atoms with Crippen LogP contribution in [0.15, 0.2) is 18.2 Å². The first-order valence-electron chi connectivity index (χ1n) is 5.42. The number of nitrogens with two attached hydrogens (primary N) is 1. The molecular formula is C12H15FN2O3. The highest BCUT2D eigenvalue weighted by Crippen LogP contribution is 2.19. The van der Waals surface area contributed by atoms with Crippen LogP contribution in [-0.2, 0) is 4.79 Å². The van der Waals surface area contributed by atoms with Gasteiger partial charge in [0.2, 0.25) is 5.91 Å². The van der Waals surface area contributed by atoms with Crippen LogP contribution in [-0.4, -0.2) is 23.0 Å². The standard InChI is InChI=1S/C12H15FN2O3/c1-6(2)10(11(14)17)15-12(18)9-7(13)4-3-5-8(9)16/h3-6,10,16H,1-2H3,(H2,14,17)(H,15,18). The van der Waals surface area contributed by atoms with E-state index in [1.165, 1.54) is 12.1 Å². The average Bonchev–Trinajstić information content (AvgIpc) is 2.24. The molecule has 6 heteroatoms. The zero-order valence-corrected chi connectivity index (χ0v) is 10.1. The van der Waals surface area contributed by atoms with Crippen LogP contribution in [0.2, 0.25) is 0 Å². The van der Waals surface area contributed by atoms with Crippen LogP contribution in [0.3, 0.4) is 0 Å². The molecule has 0 spiro atoms. The number of rotatable bonds is 4. The summed E-state index contributed by atoms with van der Waals surface area (Å²) >= 11 is 0. The third kappa shape index (κ3) is 2.97. The molecule has 0 saturated heterocycles. The summed E-state index contributed by atoms with van der Waals surface area (Å²) in [5.41, 5.74) is 4.63. The molecule has 0 heterocycles. The highest BCUT2D eigenvalue weighted by Gasteiger charge is 2.25. The second-order valence-electron chi connectivity index (χ2n) is 4.23. The first kappa shape index (κ1) is 14.0. The number of hydrogen-bond acceptors (Lipinski definition) is 3. The molecule has 18 heavy (non-hydrogen) atoms. The van der Waals surface area contributed by atoms with E-state index in [-0.39, 0.29) is 5.92 Å². The molecule has 0 aromatic heterocycles. The van der Waals surface area contributed by atoms with Crippen molar-refractivity contribution in [2.45, 2.75) is 19.9 Å². The maximum absolute atomic E-state index is 13.4. The number of carbonyl (C=O) groups excluding carboxylic acids is 2. The molecule has 5 nitrogen and oxygen atoms in total. The van der Waals surface area contributed by atoms with Crippen molar-refractivity contribution in [3.8, 4) is 5.75 Å². The van der Waals surface area contributed by atoms with E-state index in [0.717, 1.165) is 6.07 Å². The lowest BCUT2D eigenvalue weighted by Crippen LogP contribution is -2.47. The van der Waals surface area contributed by atoms with Crippen LogP contribution in [0.5, 0.6) is 5.75 Å². The molecule has 1 unspecified atom stereocenters. The van der Waals surface area contributed by atoms with Gasteiger partial charge in [0.05, 0.1) is 0 Å². The number of phenolic OH excluding ortho intramolecular Hbond substituents is 1. The summed E-state index contributed by atoms with van der Waals surface area (Å²) in [7, 11) is 0. The Bertz CT molecular complexity index is 454. The Labute approximate surface area is 104 Å². The first-order valence-corrected chi connectivity index (χ1v) is 5.42. The average molecular weight is 254 g/mol. The van der Waals surface area contributed by atoms with Gasteiger partial charge in [-0.3, -0.25) is 9.59 Å². The molecule has 0 fully saturated rings. The smallest absolute Gasteiger partial charge is 0.258 e. The maximum Gasteiger partial charge on any atom is 0.258 e. The fraction of sp³-hybridized carbons (Fsp3) is 0.333. The number of primary amides is 1. The summed E-state index contributed by atoms with van der Waals surface area (Å²) in [5.74, 6) is -3.17. The van der Waals surface area contributed by atoms with Crippen LogP contribution < -0.4 is 11.1 Å². The summed E-state index contributed by atoms with van der Waals surface area (Å²) in [5, 5.41) is 11.7. The lowest BCUT2D eigenvalue weighted by Gasteiger charge is -2.19. The predicted molar refractivity (Wildman–Crippen MR) is 63.4 cm³/mol. The van der Waals surface area contributed by atoms with Gasteiger partial charge in [0, 0.05) is 0 Å². The lowest BCUT2D eigenvalue weighted by atomic mass is 10.0. The van der Waals surface area contributed by atoms with E-state index < -0.39 is 35.0 Å². The van der Waals surface area contributed by atoms with Crippen molar-refractivity contribution >= 4 is 11.8 Å². The Hall–Kier alpha value is -2.11. The molecule has 0 aliphatic heterocycles. The molecule has 0 aliphatic carbocycles. The highest BCUT2D eigenvalue weighted by molar-refractivity contribution is 5.99. The van der Waals surface area contributed by atoms with Crippen LogP contribution >= 0.6 is 0 Å². The Balaban J connectivity index is 2.98. The summed E-state index contributed by atoms with van der Waals surface area (Å²) in [6.07, 6.45) is 0. The first-order chi connectivity index (χ1) is 8.34. The number of halogens is 1. The molecule has 2 amide bonds. The molecule has 1 atom stereocenters. The summed E-state index contributed by atoms with van der Waals surface area (Å²) in [6.45, 7) is 3.38. The summed E-state index contributed by atoms with van der Waals surface area (Å²) in [6, 6.07) is 2.59. The van der Waals surface area contributed by atoms with Crippen molar-refractivity contribution in [3.05, 3.63) is 29.6 Å². The molecule has 0 radical (unpaired) electrons. The number of phenols is 1. The molecule has 1 aromatic rings. The molecule has 0 saturated carbocycles. The number of aromatic hydroxyl groups is 1. The molecule has 4 N–H and O–H groups in total. The zero-order valence-electron chi connectivity index (χ0n) is 10.1. The van der Waals surface area contributed by atoms with Crippen molar-refractivity contribution in [2.75, 3.05) is 0 Å². The normalized spacial score (nSPS) is 12.2. The van der Waals surface area contributed by atoms with Gasteiger partial charge in [-0.05, 0) is 18.1 Å². The Morgan fingerprint density at radius 1 is 1.39 bits per heavy atom. The van der Waals surface area contributed by atoms with Crippen LogP contribution in [0.1, 0.15) is 24.2 Å². The second kappa shape index (κ2) is 5.48. The van der Waals surface area contributed by atoms with Gasteiger partial charge in [-0.25, -0.2) is 4.39 Å². The van der Waals surface area contributed by atoms with Crippen molar-refractivity contribution in [1.82, 2.24) is 5.32 Å². The van der Waals surface area contributed by atoms with Gasteiger partial charge in [0.1, 0.15) is 23.2 Å². The summed E-state index contributed by atoms with van der Waals surface area (Å²) < 4.78 is 13.4. The minimum Gasteiger partial charge on any atom is -0.507 e. The van der Waals surface area contributed by atoms with E-state index in [1.54, 1.807) is 13.8 Å². The SMILES string of the molecule is CC(C)C(NC(=O)c1c(O)cccc1F)C(N)=O. The molecule has 0 aliphatic rings. The Morgan fingerprint density at radius 2 is 2.00 bits per heavy atom. The number of hydrogen-bond donors (Lipinski definition) is 3. The van der Waals surface area contributed by atoms with Crippen LogP contribution in [0, 0.1) is 11.7 Å². The van der Waals surface area contributed by atoms with Gasteiger partial charge >= 0.3 is 0 Å². The largest absolute Gasteiger partial charge is 0.507 e. The second-order valence-corrected chi connectivity index (χ2v) is 4.23. The van der Waals surface area contributed by atoms with Gasteiger partial charge < -0.3 is 16.2 Å². The van der Waals surface area contributed by atoms with E-state index in [4.69, 9.17) is 5.73 Å². The predicted octanol–water partition coefficient (Wildman–Crippen LogP) is 0.771. The topological polar surface area (TPSA) is 92.4 Å². The molecule has 98 valence electrons. The molecule has 0 bridgehead atoms.